The standard InChI is InChI=1S/C19H25N3O2/c1-14-11-21(12-15(2)24-14)13-18-7-4-8-22(18)19(23)17-6-3-5-16(9-17)10-20/h3,5-6,9,14-15,18H,4,7-8,11-13H2,1-2H3/t14-,15-,18-/m1/s1. The lowest BCUT2D eigenvalue weighted by Gasteiger charge is -2.38. The van der Waals surface area contributed by atoms with Crippen molar-refractivity contribution < 1.29 is 9.53 Å². The maximum Gasteiger partial charge on any atom is 0.254 e. The zero-order chi connectivity index (χ0) is 17.1. The summed E-state index contributed by atoms with van der Waals surface area (Å²) >= 11 is 0. The molecular weight excluding hydrogens is 302 g/mol. The minimum Gasteiger partial charge on any atom is -0.373 e. The van der Waals surface area contributed by atoms with Crippen molar-refractivity contribution in [1.82, 2.24) is 9.80 Å². The molecule has 0 bridgehead atoms. The van der Waals surface area contributed by atoms with E-state index >= 15 is 0 Å². The number of carbonyl (C=O) groups is 1. The monoisotopic (exact) mass is 327 g/mol. The van der Waals surface area contributed by atoms with E-state index in [2.05, 4.69) is 24.8 Å². The summed E-state index contributed by atoms with van der Waals surface area (Å²) in [6.45, 7) is 7.76. The van der Waals surface area contributed by atoms with Crippen LogP contribution in [0.25, 0.3) is 0 Å². The van der Waals surface area contributed by atoms with Gasteiger partial charge in [-0.05, 0) is 44.9 Å². The van der Waals surface area contributed by atoms with Crippen molar-refractivity contribution in [1.29, 1.82) is 5.26 Å². The van der Waals surface area contributed by atoms with Gasteiger partial charge >= 0.3 is 0 Å². The highest BCUT2D eigenvalue weighted by molar-refractivity contribution is 5.95. The zero-order valence-corrected chi connectivity index (χ0v) is 14.4. The van der Waals surface area contributed by atoms with Crippen molar-refractivity contribution >= 4 is 5.91 Å². The summed E-state index contributed by atoms with van der Waals surface area (Å²) in [6.07, 6.45) is 2.58. The zero-order valence-electron chi connectivity index (χ0n) is 14.4. The fraction of sp³-hybridized carbons (Fsp3) is 0.579. The number of benzene rings is 1. The third kappa shape index (κ3) is 3.77. The average molecular weight is 327 g/mol. The van der Waals surface area contributed by atoms with Crippen molar-refractivity contribution in [3.8, 4) is 6.07 Å². The third-order valence-corrected chi connectivity index (χ3v) is 4.84. The SMILES string of the molecule is C[C@@H]1CN(C[C@H]2CCCN2C(=O)c2cccc(C#N)c2)C[C@@H](C)O1. The molecule has 2 aliphatic rings. The molecule has 2 saturated heterocycles. The van der Waals surface area contributed by atoms with Crippen LogP contribution < -0.4 is 0 Å². The van der Waals surface area contributed by atoms with Gasteiger partial charge < -0.3 is 9.64 Å². The third-order valence-electron chi connectivity index (χ3n) is 4.84. The minimum atomic E-state index is 0.0453. The van der Waals surface area contributed by atoms with Crippen LogP contribution in [0.15, 0.2) is 24.3 Å². The molecule has 1 amide bonds. The number of ether oxygens (including phenoxy) is 1. The van der Waals surface area contributed by atoms with Gasteiger partial charge in [0, 0.05) is 37.8 Å². The lowest BCUT2D eigenvalue weighted by atomic mass is 10.1. The van der Waals surface area contributed by atoms with Gasteiger partial charge in [0.05, 0.1) is 23.8 Å². The van der Waals surface area contributed by atoms with Gasteiger partial charge in [0.1, 0.15) is 0 Å². The Bertz CT molecular complexity index is 630. The maximum absolute atomic E-state index is 12.9. The van der Waals surface area contributed by atoms with Gasteiger partial charge in [-0.2, -0.15) is 5.26 Å². The molecule has 2 fully saturated rings. The Morgan fingerprint density at radius 1 is 1.33 bits per heavy atom. The lowest BCUT2D eigenvalue weighted by molar-refractivity contribution is -0.0715. The number of amides is 1. The molecule has 0 aromatic heterocycles. The highest BCUT2D eigenvalue weighted by Crippen LogP contribution is 2.23. The van der Waals surface area contributed by atoms with E-state index in [1.165, 1.54) is 0 Å². The predicted octanol–water partition coefficient (Wildman–Crippen LogP) is 2.27. The minimum absolute atomic E-state index is 0.0453. The first kappa shape index (κ1) is 16.9. The van der Waals surface area contributed by atoms with Crippen LogP contribution in [0.1, 0.15) is 42.6 Å². The summed E-state index contributed by atoms with van der Waals surface area (Å²) in [7, 11) is 0. The smallest absolute Gasteiger partial charge is 0.254 e. The molecule has 0 spiro atoms. The number of morpholine rings is 1. The molecule has 0 unspecified atom stereocenters. The molecule has 3 atom stereocenters. The van der Waals surface area contributed by atoms with Gasteiger partial charge in [-0.3, -0.25) is 9.69 Å². The van der Waals surface area contributed by atoms with Gasteiger partial charge in [-0.25, -0.2) is 0 Å². The second-order valence-corrected chi connectivity index (χ2v) is 6.96. The van der Waals surface area contributed by atoms with Crippen LogP contribution in [0.3, 0.4) is 0 Å². The van der Waals surface area contributed by atoms with Crippen molar-refractivity contribution in [2.45, 2.75) is 44.9 Å². The second kappa shape index (κ2) is 7.33. The molecular formula is C19H25N3O2. The van der Waals surface area contributed by atoms with Crippen LogP contribution in [0.4, 0.5) is 0 Å². The summed E-state index contributed by atoms with van der Waals surface area (Å²) in [5.41, 5.74) is 1.15. The number of hydrogen-bond donors (Lipinski definition) is 0. The molecule has 1 aromatic carbocycles. The van der Waals surface area contributed by atoms with Crippen LogP contribution in [0.2, 0.25) is 0 Å². The van der Waals surface area contributed by atoms with Gasteiger partial charge in [-0.15, -0.1) is 0 Å². The van der Waals surface area contributed by atoms with Crippen molar-refractivity contribution in [2.24, 2.45) is 0 Å². The van der Waals surface area contributed by atoms with Gasteiger partial charge in [0.25, 0.3) is 5.91 Å². The Hall–Kier alpha value is -1.90. The van der Waals surface area contributed by atoms with Crippen LogP contribution in [-0.4, -0.2) is 60.1 Å². The average Bonchev–Trinajstić information content (AvgIpc) is 3.01. The molecule has 0 radical (unpaired) electrons. The van der Waals surface area contributed by atoms with Crippen LogP contribution in [0, 0.1) is 11.3 Å². The van der Waals surface area contributed by atoms with Gasteiger partial charge in [0.2, 0.25) is 0 Å². The van der Waals surface area contributed by atoms with E-state index in [1.54, 1.807) is 24.3 Å². The lowest BCUT2D eigenvalue weighted by Crippen LogP contribution is -2.50. The van der Waals surface area contributed by atoms with Gasteiger partial charge in [-0.1, -0.05) is 6.07 Å². The first-order valence-electron chi connectivity index (χ1n) is 8.75. The van der Waals surface area contributed by atoms with Crippen molar-refractivity contribution in [3.05, 3.63) is 35.4 Å². The Morgan fingerprint density at radius 3 is 2.79 bits per heavy atom. The molecule has 2 heterocycles. The number of nitriles is 1. The number of carbonyl (C=O) groups excluding carboxylic acids is 1. The van der Waals surface area contributed by atoms with Crippen molar-refractivity contribution in [3.63, 3.8) is 0 Å². The molecule has 5 nitrogen and oxygen atoms in total. The topological polar surface area (TPSA) is 56.6 Å². The number of rotatable bonds is 3. The molecule has 2 aliphatic heterocycles. The maximum atomic E-state index is 12.9. The molecule has 24 heavy (non-hydrogen) atoms. The summed E-state index contributed by atoms with van der Waals surface area (Å²) in [4.78, 5) is 17.3. The Balaban J connectivity index is 1.68. The molecule has 5 heteroatoms. The second-order valence-electron chi connectivity index (χ2n) is 6.96. The molecule has 0 saturated carbocycles. The summed E-state index contributed by atoms with van der Waals surface area (Å²) in [6, 6.07) is 9.36. The first-order chi connectivity index (χ1) is 11.6. The van der Waals surface area contributed by atoms with E-state index in [1.807, 2.05) is 4.90 Å². The van der Waals surface area contributed by atoms with E-state index in [0.717, 1.165) is 39.0 Å². The largest absolute Gasteiger partial charge is 0.373 e. The number of likely N-dealkylation sites (tertiary alicyclic amines) is 1. The van der Waals surface area contributed by atoms with E-state index in [-0.39, 0.29) is 24.2 Å². The predicted molar refractivity (Wildman–Crippen MR) is 91.7 cm³/mol. The van der Waals surface area contributed by atoms with Crippen LogP contribution >= 0.6 is 0 Å². The Kier molecular flexibility index (Phi) is 5.17. The molecule has 0 aliphatic carbocycles. The molecule has 3 rings (SSSR count). The van der Waals surface area contributed by atoms with Crippen molar-refractivity contribution in [2.75, 3.05) is 26.2 Å². The van der Waals surface area contributed by atoms with E-state index in [0.29, 0.717) is 11.1 Å². The van der Waals surface area contributed by atoms with E-state index in [4.69, 9.17) is 10.00 Å². The number of hydrogen-bond acceptors (Lipinski definition) is 4. The first-order valence-corrected chi connectivity index (χ1v) is 8.75. The normalized spacial score (nSPS) is 27.9. The molecule has 0 N–H and O–H groups in total. The molecule has 128 valence electrons. The highest BCUT2D eigenvalue weighted by Gasteiger charge is 2.32. The van der Waals surface area contributed by atoms with Gasteiger partial charge in [0.15, 0.2) is 0 Å². The highest BCUT2D eigenvalue weighted by atomic mass is 16.5. The molecule has 1 aromatic rings. The van der Waals surface area contributed by atoms with E-state index in [9.17, 15) is 4.79 Å². The van der Waals surface area contributed by atoms with Crippen LogP contribution in [-0.2, 0) is 4.74 Å². The quantitative estimate of drug-likeness (QED) is 0.854. The fourth-order valence-electron chi connectivity index (χ4n) is 3.91. The summed E-state index contributed by atoms with van der Waals surface area (Å²) in [5, 5.41) is 9.03. The Labute approximate surface area is 143 Å². The van der Waals surface area contributed by atoms with E-state index < -0.39 is 0 Å². The summed E-state index contributed by atoms with van der Waals surface area (Å²) in [5.74, 6) is 0.0453. The van der Waals surface area contributed by atoms with Crippen LogP contribution in [0.5, 0.6) is 0 Å². The fourth-order valence-corrected chi connectivity index (χ4v) is 3.91. The number of nitrogens with zero attached hydrogens (tertiary/aromatic N) is 3. The Morgan fingerprint density at radius 2 is 2.08 bits per heavy atom. The summed E-state index contributed by atoms with van der Waals surface area (Å²) < 4.78 is 5.80.